The van der Waals surface area contributed by atoms with E-state index in [1.54, 1.807) is 0 Å². The summed E-state index contributed by atoms with van der Waals surface area (Å²) in [4.78, 5) is 0. The molecule has 1 saturated heterocycles. The molecule has 0 bridgehead atoms. The highest BCUT2D eigenvalue weighted by atomic mass is 32.2. The van der Waals surface area contributed by atoms with Gasteiger partial charge in [-0.2, -0.15) is 0 Å². The third-order valence-corrected chi connectivity index (χ3v) is 4.05. The fourth-order valence-corrected chi connectivity index (χ4v) is 2.74. The van der Waals surface area contributed by atoms with Gasteiger partial charge in [-0.3, -0.25) is 0 Å². The van der Waals surface area contributed by atoms with Crippen LogP contribution in [0, 0.1) is 0 Å². The zero-order chi connectivity index (χ0) is 9.03. The molecule has 1 aliphatic heterocycles. The van der Waals surface area contributed by atoms with Crippen LogP contribution in [0.1, 0.15) is 40.0 Å². The lowest BCUT2D eigenvalue weighted by atomic mass is 10.1. The van der Waals surface area contributed by atoms with E-state index in [0.29, 0.717) is 4.75 Å². The quantitative estimate of drug-likeness (QED) is 0.468. The average Bonchev–Trinajstić information content (AvgIpc) is 2.64. The molecule has 1 nitrogen and oxygen atoms in total. The lowest BCUT2D eigenvalue weighted by Gasteiger charge is -2.08. The Morgan fingerprint density at radius 1 is 1.33 bits per heavy atom. The second kappa shape index (κ2) is 4.52. The molecule has 1 fully saturated rings. The summed E-state index contributed by atoms with van der Waals surface area (Å²) >= 11 is 2.09. The van der Waals surface area contributed by atoms with Crippen LogP contribution in [0.3, 0.4) is 0 Å². The van der Waals surface area contributed by atoms with Crippen molar-refractivity contribution >= 4 is 11.8 Å². The van der Waals surface area contributed by atoms with Crippen molar-refractivity contribution in [1.29, 1.82) is 0 Å². The molecular weight excluding hydrogens is 168 g/mol. The predicted octanol–water partition coefficient (Wildman–Crippen LogP) is 3.09. The molecule has 2 heteroatoms. The highest BCUT2D eigenvalue weighted by Crippen LogP contribution is 2.55. The molecule has 1 rings (SSSR count). The third-order valence-electron chi connectivity index (χ3n) is 2.32. The number of ether oxygens (including phenoxy) is 1. The fourth-order valence-electron chi connectivity index (χ4n) is 1.46. The summed E-state index contributed by atoms with van der Waals surface area (Å²) in [5.41, 5.74) is 0. The molecule has 2 atom stereocenters. The Morgan fingerprint density at radius 2 is 2.08 bits per heavy atom. The molecule has 0 aromatic carbocycles. The predicted molar refractivity (Wildman–Crippen MR) is 55.8 cm³/mol. The molecular formula is C10H20OS. The molecule has 0 amide bonds. The lowest BCUT2D eigenvalue weighted by Crippen LogP contribution is -2.17. The van der Waals surface area contributed by atoms with Crippen molar-refractivity contribution in [3.8, 4) is 0 Å². The van der Waals surface area contributed by atoms with Gasteiger partial charge < -0.3 is 4.74 Å². The summed E-state index contributed by atoms with van der Waals surface area (Å²) in [5, 5.41) is 0.874. The summed E-state index contributed by atoms with van der Waals surface area (Å²) in [7, 11) is 0. The van der Waals surface area contributed by atoms with Gasteiger partial charge in [-0.25, -0.2) is 0 Å². The highest BCUT2D eigenvalue weighted by molar-refractivity contribution is 8.08. The van der Waals surface area contributed by atoms with Crippen molar-refractivity contribution in [2.45, 2.75) is 50.0 Å². The summed E-state index contributed by atoms with van der Waals surface area (Å²) < 4.78 is 6.03. The first-order chi connectivity index (χ1) is 5.73. The van der Waals surface area contributed by atoms with E-state index >= 15 is 0 Å². The van der Waals surface area contributed by atoms with Crippen molar-refractivity contribution in [3.63, 3.8) is 0 Å². The molecule has 72 valence electrons. The van der Waals surface area contributed by atoms with E-state index in [2.05, 4.69) is 32.5 Å². The van der Waals surface area contributed by atoms with Crippen molar-refractivity contribution in [3.05, 3.63) is 0 Å². The van der Waals surface area contributed by atoms with E-state index in [0.717, 1.165) is 24.9 Å². The number of rotatable bonds is 6. The van der Waals surface area contributed by atoms with Crippen LogP contribution in [0.5, 0.6) is 0 Å². The van der Waals surface area contributed by atoms with Gasteiger partial charge in [0.2, 0.25) is 0 Å². The second-order valence-corrected chi connectivity index (χ2v) is 5.50. The Balaban J connectivity index is 2.08. The SMILES string of the molecule is CCCOCC1(C)SC1CCC. The van der Waals surface area contributed by atoms with Gasteiger partial charge in [0.25, 0.3) is 0 Å². The Morgan fingerprint density at radius 3 is 2.67 bits per heavy atom. The molecule has 0 aliphatic carbocycles. The third kappa shape index (κ3) is 2.67. The smallest absolute Gasteiger partial charge is 0.0621 e. The molecule has 0 radical (unpaired) electrons. The number of hydrogen-bond acceptors (Lipinski definition) is 2. The van der Waals surface area contributed by atoms with Crippen molar-refractivity contribution in [2.24, 2.45) is 0 Å². The summed E-state index contributed by atoms with van der Waals surface area (Å²) in [6, 6.07) is 0. The minimum absolute atomic E-state index is 0.463. The normalized spacial score (nSPS) is 33.8. The van der Waals surface area contributed by atoms with Gasteiger partial charge in [-0.1, -0.05) is 20.3 Å². The standard InChI is InChI=1S/C10H20OS/c1-4-6-9-10(3,12-9)8-11-7-5-2/h9H,4-8H2,1-3H3. The Kier molecular flexibility index (Phi) is 3.91. The minimum Gasteiger partial charge on any atom is -0.380 e. The highest BCUT2D eigenvalue weighted by Gasteiger charge is 2.50. The van der Waals surface area contributed by atoms with Gasteiger partial charge in [0.1, 0.15) is 0 Å². The first kappa shape index (κ1) is 10.4. The maximum atomic E-state index is 5.57. The van der Waals surface area contributed by atoms with Crippen molar-refractivity contribution in [2.75, 3.05) is 13.2 Å². The van der Waals surface area contributed by atoms with Gasteiger partial charge in [0, 0.05) is 16.6 Å². The fraction of sp³-hybridized carbons (Fsp3) is 1.00. The van der Waals surface area contributed by atoms with Crippen LogP contribution in [-0.2, 0) is 4.74 Å². The summed E-state index contributed by atoms with van der Waals surface area (Å²) in [5.74, 6) is 0. The van der Waals surface area contributed by atoms with Crippen molar-refractivity contribution < 1.29 is 4.74 Å². The second-order valence-electron chi connectivity index (χ2n) is 3.76. The first-order valence-corrected chi connectivity index (χ1v) is 5.86. The molecule has 12 heavy (non-hydrogen) atoms. The van der Waals surface area contributed by atoms with E-state index < -0.39 is 0 Å². The van der Waals surface area contributed by atoms with Crippen LogP contribution in [0.4, 0.5) is 0 Å². The molecule has 0 N–H and O–H groups in total. The molecule has 0 saturated carbocycles. The zero-order valence-corrected chi connectivity index (χ0v) is 9.25. The largest absolute Gasteiger partial charge is 0.380 e. The topological polar surface area (TPSA) is 9.23 Å². The van der Waals surface area contributed by atoms with Crippen LogP contribution >= 0.6 is 11.8 Å². The van der Waals surface area contributed by atoms with Gasteiger partial charge in [-0.05, 0) is 19.8 Å². The molecule has 2 unspecified atom stereocenters. The van der Waals surface area contributed by atoms with E-state index in [-0.39, 0.29) is 0 Å². The maximum absolute atomic E-state index is 5.57. The summed E-state index contributed by atoms with van der Waals surface area (Å²) in [6.45, 7) is 8.62. The monoisotopic (exact) mass is 188 g/mol. The van der Waals surface area contributed by atoms with Gasteiger partial charge in [0.15, 0.2) is 0 Å². The maximum Gasteiger partial charge on any atom is 0.0621 e. The van der Waals surface area contributed by atoms with Gasteiger partial charge in [-0.15, -0.1) is 11.8 Å². The Hall–Kier alpha value is 0.310. The Bertz CT molecular complexity index is 138. The van der Waals surface area contributed by atoms with Gasteiger partial charge in [0.05, 0.1) is 6.61 Å². The zero-order valence-electron chi connectivity index (χ0n) is 8.43. The van der Waals surface area contributed by atoms with Crippen LogP contribution in [0.15, 0.2) is 0 Å². The van der Waals surface area contributed by atoms with Crippen LogP contribution in [0.25, 0.3) is 0 Å². The molecule has 1 aliphatic rings. The molecule has 0 spiro atoms. The summed E-state index contributed by atoms with van der Waals surface area (Å²) in [6.07, 6.45) is 3.80. The first-order valence-electron chi connectivity index (χ1n) is 4.98. The van der Waals surface area contributed by atoms with Crippen LogP contribution in [0.2, 0.25) is 0 Å². The number of hydrogen-bond donors (Lipinski definition) is 0. The molecule has 0 aromatic heterocycles. The van der Waals surface area contributed by atoms with E-state index in [1.807, 2.05) is 0 Å². The van der Waals surface area contributed by atoms with Gasteiger partial charge >= 0.3 is 0 Å². The Labute approximate surface area is 80.3 Å². The van der Waals surface area contributed by atoms with E-state index in [9.17, 15) is 0 Å². The van der Waals surface area contributed by atoms with Crippen molar-refractivity contribution in [1.82, 2.24) is 0 Å². The van der Waals surface area contributed by atoms with E-state index in [1.165, 1.54) is 12.8 Å². The van der Waals surface area contributed by atoms with Crippen LogP contribution in [-0.4, -0.2) is 23.2 Å². The average molecular weight is 188 g/mol. The number of thioether (sulfide) groups is 1. The van der Waals surface area contributed by atoms with E-state index in [4.69, 9.17) is 4.74 Å². The molecule has 0 aromatic rings. The van der Waals surface area contributed by atoms with Crippen LogP contribution < -0.4 is 0 Å². The molecule has 1 heterocycles. The lowest BCUT2D eigenvalue weighted by molar-refractivity contribution is 0.122. The minimum atomic E-state index is 0.463.